The molecule has 1 aliphatic carbocycles. The highest BCUT2D eigenvalue weighted by molar-refractivity contribution is 7.19. The number of thiophene rings is 1. The van der Waals surface area contributed by atoms with E-state index in [9.17, 15) is 14.7 Å². The summed E-state index contributed by atoms with van der Waals surface area (Å²) in [6, 6.07) is 10.4. The fourth-order valence-corrected chi connectivity index (χ4v) is 5.79. The Bertz CT molecular complexity index is 922. The zero-order valence-electron chi connectivity index (χ0n) is 18.8. The molecule has 3 rings (SSSR count). The highest BCUT2D eigenvalue weighted by Gasteiger charge is 2.38. The fourth-order valence-electron chi connectivity index (χ4n) is 4.69. The zero-order valence-corrected chi connectivity index (χ0v) is 19.6. The number of rotatable bonds is 10. The van der Waals surface area contributed by atoms with Crippen molar-refractivity contribution in [3.8, 4) is 0 Å². The molecule has 2 aromatic rings. The quantitative estimate of drug-likeness (QED) is 0.349. The fraction of sp³-hybridized carbons (Fsp3) is 0.538. The van der Waals surface area contributed by atoms with Gasteiger partial charge in [0.05, 0.1) is 6.10 Å². The molecule has 1 aromatic heterocycles. The Morgan fingerprint density at radius 3 is 2.68 bits per heavy atom. The number of Topliss-reactive ketones (excluding diaryl/α,β-unsaturated/α-hetero) is 1. The molecule has 1 fully saturated rings. The van der Waals surface area contributed by atoms with Gasteiger partial charge in [-0.2, -0.15) is 0 Å². The number of carboxylic acids is 1. The number of fused-ring (bicyclic) bond motifs is 1. The highest BCUT2D eigenvalue weighted by atomic mass is 32.1. The first-order valence-corrected chi connectivity index (χ1v) is 12.1. The Morgan fingerprint density at radius 1 is 1.29 bits per heavy atom. The molecule has 31 heavy (non-hydrogen) atoms. The first-order chi connectivity index (χ1) is 14.7. The SMILES string of the molecule is CC(CCCCC(=O)O)/C(=C\[C@@H]1CC(=O)C(C)(C)C1)C(O)Cc1cc2ccccc2s1. The molecule has 4 nitrogen and oxygen atoms in total. The number of carbonyl (C=O) groups is 2. The van der Waals surface area contributed by atoms with Gasteiger partial charge in [0, 0.05) is 34.3 Å². The first-order valence-electron chi connectivity index (χ1n) is 11.3. The summed E-state index contributed by atoms with van der Waals surface area (Å²) in [4.78, 5) is 24.3. The summed E-state index contributed by atoms with van der Waals surface area (Å²) in [6.45, 7) is 6.13. The van der Waals surface area contributed by atoms with Crippen LogP contribution in [-0.2, 0) is 16.0 Å². The number of carboxylic acid groups (broad SMARTS) is 1. The number of benzene rings is 1. The van der Waals surface area contributed by atoms with Crippen LogP contribution in [0.3, 0.4) is 0 Å². The molecule has 0 spiro atoms. The van der Waals surface area contributed by atoms with E-state index in [1.807, 2.05) is 26.0 Å². The third-order valence-electron chi connectivity index (χ3n) is 6.51. The number of aliphatic carboxylic acids is 1. The minimum Gasteiger partial charge on any atom is -0.481 e. The third kappa shape index (κ3) is 6.27. The standard InChI is InChI=1S/C26H34O4S/c1-17(8-4-7-11-25(29)30)21(12-18-13-24(28)26(2,3)16-18)22(27)15-20-14-19-9-5-6-10-23(19)31-20/h5-6,9-10,12,14,17-18,22,27H,4,7-8,11,13,15-16H2,1-3H3,(H,29,30)/b21-12+/t17?,18-,22?/m1/s1. The van der Waals surface area contributed by atoms with Gasteiger partial charge in [0.25, 0.3) is 0 Å². The van der Waals surface area contributed by atoms with Gasteiger partial charge in [-0.3, -0.25) is 9.59 Å². The number of carbonyl (C=O) groups excluding carboxylic acids is 1. The predicted molar refractivity (Wildman–Crippen MR) is 126 cm³/mol. The van der Waals surface area contributed by atoms with Crippen molar-refractivity contribution >= 4 is 33.2 Å². The van der Waals surface area contributed by atoms with Crippen LogP contribution < -0.4 is 0 Å². The molecule has 2 unspecified atom stereocenters. The molecule has 1 aromatic carbocycles. The summed E-state index contributed by atoms with van der Waals surface area (Å²) in [5.41, 5.74) is 0.705. The molecular formula is C26H34O4S. The molecule has 0 saturated heterocycles. The van der Waals surface area contributed by atoms with Gasteiger partial charge in [0.2, 0.25) is 0 Å². The molecule has 168 valence electrons. The second-order valence-electron chi connectivity index (χ2n) is 9.65. The van der Waals surface area contributed by atoms with Gasteiger partial charge in [-0.25, -0.2) is 0 Å². The van der Waals surface area contributed by atoms with E-state index in [0.717, 1.165) is 29.7 Å². The van der Waals surface area contributed by atoms with Crippen molar-refractivity contribution in [1.29, 1.82) is 0 Å². The molecule has 3 atom stereocenters. The Morgan fingerprint density at radius 2 is 2.03 bits per heavy atom. The van der Waals surface area contributed by atoms with Crippen LogP contribution in [0.2, 0.25) is 0 Å². The number of ketones is 1. The maximum absolute atomic E-state index is 12.3. The van der Waals surface area contributed by atoms with Crippen LogP contribution in [0.25, 0.3) is 10.1 Å². The number of allylic oxidation sites excluding steroid dienone is 1. The second kappa shape index (κ2) is 10.1. The average Bonchev–Trinajstić information content (AvgIpc) is 3.21. The first kappa shape index (κ1) is 23.7. The van der Waals surface area contributed by atoms with Crippen LogP contribution in [0.4, 0.5) is 0 Å². The largest absolute Gasteiger partial charge is 0.481 e. The topological polar surface area (TPSA) is 74.6 Å². The van der Waals surface area contributed by atoms with Gasteiger partial charge in [0.15, 0.2) is 0 Å². The van der Waals surface area contributed by atoms with E-state index in [4.69, 9.17) is 5.11 Å². The molecular weight excluding hydrogens is 408 g/mol. The summed E-state index contributed by atoms with van der Waals surface area (Å²) in [5, 5.41) is 21.3. The molecule has 1 heterocycles. The molecule has 2 N–H and O–H groups in total. The molecule has 0 amide bonds. The number of unbranched alkanes of at least 4 members (excludes halogenated alkanes) is 1. The molecule has 1 saturated carbocycles. The number of hydrogen-bond donors (Lipinski definition) is 2. The minimum atomic E-state index is -0.764. The van der Waals surface area contributed by atoms with Crippen LogP contribution in [0.1, 0.15) is 64.2 Å². The molecule has 0 radical (unpaired) electrons. The third-order valence-corrected chi connectivity index (χ3v) is 7.64. The summed E-state index contributed by atoms with van der Waals surface area (Å²) in [5.74, 6) is -0.158. The van der Waals surface area contributed by atoms with Gasteiger partial charge < -0.3 is 10.2 Å². The monoisotopic (exact) mass is 442 g/mol. The van der Waals surface area contributed by atoms with Crippen LogP contribution in [0.5, 0.6) is 0 Å². The zero-order chi connectivity index (χ0) is 22.6. The highest BCUT2D eigenvalue weighted by Crippen LogP contribution is 2.40. The van der Waals surface area contributed by atoms with Gasteiger partial charge in [0.1, 0.15) is 5.78 Å². The summed E-state index contributed by atoms with van der Waals surface area (Å²) < 4.78 is 1.22. The molecule has 0 aliphatic heterocycles. The van der Waals surface area contributed by atoms with Crippen molar-refractivity contribution in [1.82, 2.24) is 0 Å². The summed E-state index contributed by atoms with van der Waals surface area (Å²) >= 11 is 1.72. The van der Waals surface area contributed by atoms with Crippen molar-refractivity contribution < 1.29 is 19.8 Å². The van der Waals surface area contributed by atoms with Crippen LogP contribution in [-0.4, -0.2) is 28.1 Å². The Hall–Kier alpha value is -1.98. The molecule has 1 aliphatic rings. The van der Waals surface area contributed by atoms with E-state index in [2.05, 4.69) is 31.2 Å². The predicted octanol–water partition coefficient (Wildman–Crippen LogP) is 6.02. The Balaban J connectivity index is 1.75. The normalized spacial score (nSPS) is 20.8. The van der Waals surface area contributed by atoms with E-state index in [0.29, 0.717) is 25.0 Å². The molecule has 5 heteroatoms. The van der Waals surface area contributed by atoms with Crippen LogP contribution in [0.15, 0.2) is 42.0 Å². The van der Waals surface area contributed by atoms with Crippen molar-refractivity contribution in [3.05, 3.63) is 46.9 Å². The van der Waals surface area contributed by atoms with E-state index in [1.54, 1.807) is 11.3 Å². The number of aliphatic hydroxyl groups is 1. The van der Waals surface area contributed by atoms with Gasteiger partial charge in [-0.15, -0.1) is 11.3 Å². The van der Waals surface area contributed by atoms with Crippen molar-refractivity contribution in [2.75, 3.05) is 0 Å². The smallest absolute Gasteiger partial charge is 0.303 e. The van der Waals surface area contributed by atoms with Gasteiger partial charge >= 0.3 is 5.97 Å². The van der Waals surface area contributed by atoms with Gasteiger partial charge in [-0.1, -0.05) is 51.5 Å². The Labute approximate surface area is 189 Å². The Kier molecular flexibility index (Phi) is 7.71. The summed E-state index contributed by atoms with van der Waals surface area (Å²) in [7, 11) is 0. The van der Waals surface area contributed by atoms with E-state index >= 15 is 0 Å². The van der Waals surface area contributed by atoms with E-state index < -0.39 is 12.1 Å². The maximum Gasteiger partial charge on any atom is 0.303 e. The summed E-state index contributed by atoms with van der Waals surface area (Å²) in [6.07, 6.45) is 5.97. The average molecular weight is 443 g/mol. The maximum atomic E-state index is 12.3. The van der Waals surface area contributed by atoms with E-state index in [-0.39, 0.29) is 23.7 Å². The van der Waals surface area contributed by atoms with Crippen molar-refractivity contribution in [2.45, 2.75) is 71.8 Å². The number of aliphatic hydroxyl groups excluding tert-OH is 1. The van der Waals surface area contributed by atoms with E-state index in [1.165, 1.54) is 10.1 Å². The second-order valence-corrected chi connectivity index (χ2v) is 10.8. The minimum absolute atomic E-state index is 0.150. The lowest BCUT2D eigenvalue weighted by Crippen LogP contribution is -2.20. The van der Waals surface area contributed by atoms with Crippen LogP contribution in [0, 0.1) is 17.3 Å². The lowest BCUT2D eigenvalue weighted by Gasteiger charge is -2.23. The van der Waals surface area contributed by atoms with Gasteiger partial charge in [-0.05, 0) is 54.2 Å². The van der Waals surface area contributed by atoms with Crippen molar-refractivity contribution in [3.63, 3.8) is 0 Å². The van der Waals surface area contributed by atoms with Crippen molar-refractivity contribution in [2.24, 2.45) is 17.3 Å². The molecule has 0 bridgehead atoms. The lowest BCUT2D eigenvalue weighted by molar-refractivity contribution is -0.137. The number of hydrogen-bond acceptors (Lipinski definition) is 4. The lowest BCUT2D eigenvalue weighted by atomic mass is 9.85. The van der Waals surface area contributed by atoms with Crippen LogP contribution >= 0.6 is 11.3 Å².